The zero-order chi connectivity index (χ0) is 27.3. The van der Waals surface area contributed by atoms with Crippen molar-refractivity contribution >= 4 is 66.3 Å². The summed E-state index contributed by atoms with van der Waals surface area (Å²) in [6.45, 7) is 1.68. The molecule has 2 aromatic carbocycles. The molecule has 0 saturated carbocycles. The lowest BCUT2D eigenvalue weighted by molar-refractivity contribution is 0.575. The molecule has 6 aromatic rings. The number of imidazole rings is 1. The lowest BCUT2D eigenvalue weighted by atomic mass is 10.2. The smallest absolute Gasteiger partial charge is 0.193 e. The Bertz CT molecular complexity index is 2010. The molecular formula is C26H17ClF2N6O2S2. The van der Waals surface area contributed by atoms with Crippen LogP contribution in [0.2, 0.25) is 5.02 Å². The second-order valence-corrected chi connectivity index (χ2v) is 12.1. The van der Waals surface area contributed by atoms with Crippen molar-refractivity contribution in [2.24, 2.45) is 0 Å². The fourth-order valence-corrected chi connectivity index (χ4v) is 7.50. The first kappa shape index (κ1) is 25.3. The highest BCUT2D eigenvalue weighted by molar-refractivity contribution is 7.92. The van der Waals surface area contributed by atoms with Gasteiger partial charge in [0.05, 0.1) is 27.3 Å². The number of aromatic nitrogens is 5. The quantitative estimate of drug-likeness (QED) is 0.243. The van der Waals surface area contributed by atoms with Gasteiger partial charge in [-0.25, -0.2) is 37.1 Å². The van der Waals surface area contributed by atoms with Crippen molar-refractivity contribution < 1.29 is 17.2 Å². The fourth-order valence-electron chi connectivity index (χ4n) is 4.12. The van der Waals surface area contributed by atoms with Gasteiger partial charge in [-0.2, -0.15) is 0 Å². The standard InChI is InChI=1S/C26H17ClF2N6O2S2/c1-14-10-38-26(21(14)27)39(36,37)11-15-6-7-16(28)23(22(15)29)34-25-24-18(30-12-31-25)8-9-20(33-24)35-13-32-17-4-2-3-5-19(17)35/h2-10,12-13H,11H2,1H3,(H,30,31,34). The second kappa shape index (κ2) is 9.63. The number of anilines is 2. The van der Waals surface area contributed by atoms with Crippen molar-refractivity contribution in [3.05, 3.63) is 94.3 Å². The Morgan fingerprint density at radius 1 is 1.03 bits per heavy atom. The van der Waals surface area contributed by atoms with Crippen LogP contribution in [0, 0.1) is 18.6 Å². The zero-order valence-electron chi connectivity index (χ0n) is 20.1. The third-order valence-corrected chi connectivity index (χ3v) is 10.2. The molecule has 196 valence electrons. The van der Waals surface area contributed by atoms with Crippen molar-refractivity contribution in [2.45, 2.75) is 16.9 Å². The Kier molecular flexibility index (Phi) is 6.25. The summed E-state index contributed by atoms with van der Waals surface area (Å²) in [5.41, 5.74) is 2.11. The number of rotatable bonds is 6. The number of hydrogen-bond donors (Lipinski definition) is 1. The Labute approximate surface area is 229 Å². The third-order valence-electron chi connectivity index (χ3n) is 6.08. The molecule has 0 aliphatic rings. The molecule has 1 N–H and O–H groups in total. The summed E-state index contributed by atoms with van der Waals surface area (Å²) in [6, 6.07) is 13.1. The van der Waals surface area contributed by atoms with Gasteiger partial charge < -0.3 is 5.32 Å². The van der Waals surface area contributed by atoms with Gasteiger partial charge in [-0.05, 0) is 48.2 Å². The average molecular weight is 583 g/mol. The van der Waals surface area contributed by atoms with E-state index in [1.54, 1.807) is 35.3 Å². The fraction of sp³-hybridized carbons (Fsp3) is 0.0769. The zero-order valence-corrected chi connectivity index (χ0v) is 22.4. The van der Waals surface area contributed by atoms with E-state index in [1.165, 1.54) is 6.33 Å². The van der Waals surface area contributed by atoms with Crippen LogP contribution in [-0.2, 0) is 15.6 Å². The first-order chi connectivity index (χ1) is 18.7. The van der Waals surface area contributed by atoms with Crippen LogP contribution in [-0.4, -0.2) is 32.9 Å². The van der Waals surface area contributed by atoms with Crippen molar-refractivity contribution in [1.82, 2.24) is 24.5 Å². The summed E-state index contributed by atoms with van der Waals surface area (Å²) < 4.78 is 58.1. The average Bonchev–Trinajstić information content (AvgIpc) is 3.51. The molecule has 0 unspecified atom stereocenters. The summed E-state index contributed by atoms with van der Waals surface area (Å²) in [5.74, 6) is -2.15. The minimum Gasteiger partial charge on any atom is -0.333 e. The van der Waals surface area contributed by atoms with E-state index >= 15 is 4.39 Å². The molecule has 0 saturated heterocycles. The number of aryl methyl sites for hydroxylation is 1. The third kappa shape index (κ3) is 4.50. The largest absolute Gasteiger partial charge is 0.333 e. The summed E-state index contributed by atoms with van der Waals surface area (Å²) >= 11 is 7.10. The van der Waals surface area contributed by atoms with Crippen LogP contribution >= 0.6 is 22.9 Å². The second-order valence-electron chi connectivity index (χ2n) is 8.66. The Balaban J connectivity index is 1.39. The van der Waals surface area contributed by atoms with Crippen molar-refractivity contribution in [2.75, 3.05) is 5.32 Å². The van der Waals surface area contributed by atoms with Crippen LogP contribution in [0.5, 0.6) is 0 Å². The summed E-state index contributed by atoms with van der Waals surface area (Å²) in [4.78, 5) is 17.4. The lowest BCUT2D eigenvalue weighted by Crippen LogP contribution is -2.09. The Morgan fingerprint density at radius 3 is 2.64 bits per heavy atom. The monoisotopic (exact) mass is 582 g/mol. The van der Waals surface area contributed by atoms with E-state index in [2.05, 4.69) is 25.3 Å². The van der Waals surface area contributed by atoms with Crippen molar-refractivity contribution in [3.8, 4) is 5.82 Å². The summed E-state index contributed by atoms with van der Waals surface area (Å²) in [6.07, 6.45) is 2.87. The number of nitrogens with zero attached hydrogens (tertiary/aromatic N) is 5. The van der Waals surface area contributed by atoms with Gasteiger partial charge in [0, 0.05) is 5.56 Å². The molecule has 8 nitrogen and oxygen atoms in total. The highest BCUT2D eigenvalue weighted by atomic mass is 35.5. The minimum absolute atomic E-state index is 0.0426. The van der Waals surface area contributed by atoms with Crippen LogP contribution < -0.4 is 5.32 Å². The SMILES string of the molecule is Cc1csc(S(=O)(=O)Cc2ccc(F)c(Nc3ncnc4ccc(-n5cnc6ccccc65)nc34)c2F)c1Cl. The van der Waals surface area contributed by atoms with E-state index in [0.717, 1.165) is 34.5 Å². The van der Waals surface area contributed by atoms with Crippen LogP contribution in [0.25, 0.3) is 27.9 Å². The van der Waals surface area contributed by atoms with Gasteiger partial charge in [0.2, 0.25) is 0 Å². The number of sulfone groups is 1. The molecule has 0 radical (unpaired) electrons. The molecule has 0 bridgehead atoms. The number of thiophene rings is 1. The minimum atomic E-state index is -3.98. The molecule has 0 spiro atoms. The van der Waals surface area contributed by atoms with E-state index in [9.17, 15) is 12.8 Å². The van der Waals surface area contributed by atoms with Gasteiger partial charge >= 0.3 is 0 Å². The maximum atomic E-state index is 15.6. The molecule has 0 amide bonds. The molecule has 0 aliphatic carbocycles. The number of fused-ring (bicyclic) bond motifs is 2. The Morgan fingerprint density at radius 2 is 1.85 bits per heavy atom. The molecule has 4 aromatic heterocycles. The van der Waals surface area contributed by atoms with Crippen molar-refractivity contribution in [3.63, 3.8) is 0 Å². The van der Waals surface area contributed by atoms with Gasteiger partial charge in [-0.15, -0.1) is 11.3 Å². The normalized spacial score (nSPS) is 11.9. The maximum absolute atomic E-state index is 15.6. The predicted octanol–water partition coefficient (Wildman–Crippen LogP) is 6.38. The van der Waals surface area contributed by atoms with Crippen LogP contribution in [0.4, 0.5) is 20.3 Å². The summed E-state index contributed by atoms with van der Waals surface area (Å²) in [5, 5.41) is 4.37. The van der Waals surface area contributed by atoms with Gasteiger partial charge in [0.25, 0.3) is 0 Å². The van der Waals surface area contributed by atoms with Gasteiger partial charge in [-0.3, -0.25) is 4.57 Å². The molecule has 0 aliphatic heterocycles. The molecule has 13 heteroatoms. The number of pyridine rings is 1. The van der Waals surface area contributed by atoms with E-state index < -0.39 is 32.9 Å². The molecule has 0 atom stereocenters. The number of nitrogens with one attached hydrogen (secondary N) is 1. The highest BCUT2D eigenvalue weighted by Crippen LogP contribution is 2.35. The van der Waals surface area contributed by atoms with E-state index in [4.69, 9.17) is 11.6 Å². The van der Waals surface area contributed by atoms with Gasteiger partial charge in [0.1, 0.15) is 39.7 Å². The molecular weight excluding hydrogens is 566 g/mol. The highest BCUT2D eigenvalue weighted by Gasteiger charge is 2.26. The topological polar surface area (TPSA) is 103 Å². The first-order valence-electron chi connectivity index (χ1n) is 11.5. The van der Waals surface area contributed by atoms with Crippen LogP contribution in [0.15, 0.2) is 70.8 Å². The molecule has 6 rings (SSSR count). The van der Waals surface area contributed by atoms with E-state index in [0.29, 0.717) is 16.9 Å². The van der Waals surface area contributed by atoms with Gasteiger partial charge in [-0.1, -0.05) is 29.8 Å². The van der Waals surface area contributed by atoms with Crippen molar-refractivity contribution in [1.29, 1.82) is 0 Å². The summed E-state index contributed by atoms with van der Waals surface area (Å²) in [7, 11) is -3.98. The Hall–Kier alpha value is -4.00. The number of benzene rings is 2. The number of halogens is 3. The van der Waals surface area contributed by atoms with Gasteiger partial charge in [0.15, 0.2) is 21.5 Å². The lowest BCUT2D eigenvalue weighted by Gasteiger charge is -2.13. The van der Waals surface area contributed by atoms with Crippen LogP contribution in [0.3, 0.4) is 0 Å². The molecule has 39 heavy (non-hydrogen) atoms. The van der Waals surface area contributed by atoms with E-state index in [1.807, 2.05) is 24.3 Å². The van der Waals surface area contributed by atoms with Crippen LogP contribution in [0.1, 0.15) is 11.1 Å². The number of para-hydroxylation sites is 2. The first-order valence-corrected chi connectivity index (χ1v) is 14.4. The maximum Gasteiger partial charge on any atom is 0.193 e. The molecule has 0 fully saturated rings. The van der Waals surface area contributed by atoms with E-state index in [-0.39, 0.29) is 26.1 Å². The predicted molar refractivity (Wildman–Crippen MR) is 147 cm³/mol. The number of hydrogen-bond acceptors (Lipinski definition) is 8. The molecule has 4 heterocycles.